The van der Waals surface area contributed by atoms with Crippen LogP contribution >= 0.6 is 27.0 Å². The summed E-state index contributed by atoms with van der Waals surface area (Å²) in [7, 11) is 1.43. The molecular formula is C58H77N21O27P4S4-4. The van der Waals surface area contributed by atoms with E-state index in [4.69, 9.17) is 155 Å². The first-order valence-corrected chi connectivity index (χ1v) is 44.9. The van der Waals surface area contributed by atoms with Crippen molar-refractivity contribution in [2.24, 2.45) is 0 Å². The Morgan fingerprint density at radius 1 is 0.570 bits per heavy atom. The first-order chi connectivity index (χ1) is 53.9. The molecule has 0 radical (unpaired) electrons. The summed E-state index contributed by atoms with van der Waals surface area (Å²) < 4.78 is 123. The highest BCUT2D eigenvalue weighted by molar-refractivity contribution is 8.32. The molecule has 14 N–H and O–H groups in total. The third-order valence-electron chi connectivity index (χ3n) is 18.5. The van der Waals surface area contributed by atoms with E-state index >= 15 is 0 Å². The number of aliphatic hydroxyl groups excluding tert-OH is 1. The summed E-state index contributed by atoms with van der Waals surface area (Å²) in [6, 6.07) is 0. The van der Waals surface area contributed by atoms with Gasteiger partial charge in [0.05, 0.1) is 102 Å². The molecular weight excluding hydrogens is 1670 g/mol. The number of hydrogen-bond donors (Lipinski definition) is 9. The normalized spacial score (nSPS) is 28.7. The number of methoxy groups -OCH3 is 1. The average Bonchev–Trinajstić information content (AvgIpc) is 1.63. The third kappa shape index (κ3) is 19.1. The lowest BCUT2D eigenvalue weighted by Crippen LogP contribution is -2.39. The predicted octanol–water partition coefficient (Wildman–Crippen LogP) is -2.68. The van der Waals surface area contributed by atoms with E-state index in [-0.39, 0.29) is 89.0 Å². The molecule has 8 aromatic rings. The Bertz CT molecular complexity index is 5390. The SMILES string of the molecule is CC[C@H]1O[C@@H](n2cc(C)c(N)nc2=O)CC1OP([O-])(=S)OC[C@H]1O[C@@H](n2cc(C)c(N)nc2=O)CC1OP(=O)([S-])OC[C@H](C)O[C@H]1C(OP([O-])(=S)OC[C@H](C)O[C@H]2C(OP([O-])(=S)OC[C@H]3O[C@@H](n4cnc5c(=O)[nH]c(N)nc54)[C@@H](OCCOC)C3O)CO[C@H]2n2cnc3c(=O)[nH]c(N)nc32)CO[C@H]1n1cnc2c(=O)[nH]c(N)nc21. The Labute approximate surface area is 662 Å². The Kier molecular flexibility index (Phi) is 26.1. The summed E-state index contributed by atoms with van der Waals surface area (Å²) in [5.41, 5.74) is 26.2. The highest BCUT2D eigenvalue weighted by Crippen LogP contribution is 2.53. The van der Waals surface area contributed by atoms with Crippen molar-refractivity contribution in [1.29, 1.82) is 0 Å². The lowest BCUT2D eigenvalue weighted by atomic mass is 10.1. The number of rotatable bonds is 34. The molecule has 8 aromatic heterocycles. The molecule has 114 heavy (non-hydrogen) atoms. The summed E-state index contributed by atoms with van der Waals surface area (Å²) in [4.78, 5) is 148. The van der Waals surface area contributed by atoms with Crippen molar-refractivity contribution in [2.75, 3.05) is 88.6 Å². The van der Waals surface area contributed by atoms with Crippen LogP contribution < -0.4 is 71.4 Å². The van der Waals surface area contributed by atoms with Crippen LogP contribution in [0.3, 0.4) is 0 Å². The molecule has 56 heteroatoms. The zero-order valence-corrected chi connectivity index (χ0v) is 67.6. The first kappa shape index (κ1) is 85.4. The molecule has 0 bridgehead atoms. The maximum absolute atomic E-state index is 14.6. The quantitative estimate of drug-likeness (QED) is 0.0113. The zero-order valence-electron chi connectivity index (χ0n) is 60.7. The van der Waals surface area contributed by atoms with Crippen molar-refractivity contribution in [2.45, 2.75) is 164 Å². The lowest BCUT2D eigenvalue weighted by Gasteiger charge is -2.36. The van der Waals surface area contributed by atoms with Crippen molar-refractivity contribution in [1.82, 2.24) is 77.7 Å². The van der Waals surface area contributed by atoms with Crippen molar-refractivity contribution >= 4 is 138 Å². The fraction of sp³-hybridized carbons (Fsp3) is 0.603. The summed E-state index contributed by atoms with van der Waals surface area (Å²) in [5.74, 6) is -0.870. The summed E-state index contributed by atoms with van der Waals surface area (Å²) in [5, 5.41) is 11.6. The Balaban J connectivity index is 0.683. The fourth-order valence-corrected chi connectivity index (χ4v) is 19.1. The number of hydrogen-bond acceptors (Lipinski definition) is 44. The number of nitrogens with two attached hydrogens (primary N) is 5. The van der Waals surface area contributed by atoms with E-state index in [0.717, 1.165) is 4.57 Å². The minimum atomic E-state index is -4.76. The molecule has 0 saturated carbocycles. The highest BCUT2D eigenvalue weighted by Gasteiger charge is 2.50. The molecule has 5 fully saturated rings. The van der Waals surface area contributed by atoms with E-state index in [9.17, 15) is 48.3 Å². The summed E-state index contributed by atoms with van der Waals surface area (Å²) in [6.07, 6.45) is -16.0. The lowest BCUT2D eigenvalue weighted by molar-refractivity contribution is -0.221. The van der Waals surface area contributed by atoms with Gasteiger partial charge < -0.3 is 140 Å². The van der Waals surface area contributed by atoms with Gasteiger partial charge in [-0.1, -0.05) is 42.3 Å². The van der Waals surface area contributed by atoms with Gasteiger partial charge in [-0.3, -0.25) is 56.7 Å². The maximum Gasteiger partial charge on any atom is 0.351 e. The Morgan fingerprint density at radius 3 is 1.44 bits per heavy atom. The number of aliphatic hydroxyl groups is 1. The van der Waals surface area contributed by atoms with Crippen LogP contribution in [-0.4, -0.2) is 222 Å². The maximum atomic E-state index is 14.6. The van der Waals surface area contributed by atoms with Gasteiger partial charge in [0.1, 0.15) is 93.1 Å². The minimum Gasteiger partial charge on any atom is -0.780 e. The number of aryl methyl sites for hydroxylation is 2. The molecule has 9 unspecified atom stereocenters. The van der Waals surface area contributed by atoms with E-state index < -0.39 is 205 Å². The molecule has 0 aromatic carbocycles. The zero-order chi connectivity index (χ0) is 81.8. The number of nitrogens with zero attached hydrogens (tertiary/aromatic N) is 13. The average molecular weight is 1750 g/mol. The largest absolute Gasteiger partial charge is 0.780 e. The van der Waals surface area contributed by atoms with E-state index in [1.54, 1.807) is 20.8 Å². The van der Waals surface area contributed by atoms with Gasteiger partial charge in [-0.2, -0.15) is 24.9 Å². The number of ether oxygens (including phenoxy) is 9. The predicted molar refractivity (Wildman–Crippen MR) is 402 cm³/mol. The molecule has 13 heterocycles. The summed E-state index contributed by atoms with van der Waals surface area (Å²) >= 11 is 21.8. The second kappa shape index (κ2) is 34.8. The van der Waals surface area contributed by atoms with Crippen LogP contribution in [0.2, 0.25) is 0 Å². The van der Waals surface area contributed by atoms with Crippen molar-refractivity contribution in [3.05, 3.63) is 94.5 Å². The second-order valence-electron chi connectivity index (χ2n) is 26.7. The van der Waals surface area contributed by atoms with Gasteiger partial charge in [-0.25, -0.2) is 24.5 Å². The van der Waals surface area contributed by atoms with Gasteiger partial charge in [0.25, 0.3) is 16.7 Å². The highest BCUT2D eigenvalue weighted by atomic mass is 32.7. The second-order valence-corrected chi connectivity index (χ2v) is 37.5. The number of aromatic nitrogens is 16. The monoisotopic (exact) mass is 1750 g/mol. The fourth-order valence-electron chi connectivity index (χ4n) is 13.2. The van der Waals surface area contributed by atoms with Crippen LogP contribution in [0.25, 0.3) is 33.5 Å². The first-order valence-electron chi connectivity index (χ1n) is 34.7. The van der Waals surface area contributed by atoms with Crippen molar-refractivity contribution < 1.29 is 103 Å². The van der Waals surface area contributed by atoms with E-state index in [1.807, 2.05) is 0 Å². The van der Waals surface area contributed by atoms with Gasteiger partial charge >= 0.3 is 11.4 Å². The molecule has 0 spiro atoms. The van der Waals surface area contributed by atoms with Crippen molar-refractivity contribution in [3.8, 4) is 0 Å². The standard InChI is InChI=1S/C58H81N21O27P4S4/c1-7-27-28(10-34(100-27)75-12-23(2)43(59)67-57(75)84)103-109(88,113)96-18-30-29(11-35(101-30)76-13-24(3)44(60)68-58(76)85)104-107(86,111)94-14-25(4)98-40-32(16-92-51(40)77-20-64-36-45(77)69-54(61)72-48(36)81)105-108(87,112)95-15-26(5)99-41-33(17-93-52(41)78-21-65-37-46(78)70-55(62)73-49(37)82)106-110(89,114)97-19-31-39(80)42(91-9-8-90-6)53(102-31)79-22-66-38-47(79)71-56(63)74-50(38)83/h12-13,20-22,25-35,39-42,51-53,80H,7-11,14-19H2,1-6H3,(H,86,111)(H,87,112)(H,88,113)(H,89,114)(H2,59,67,84)(H2,60,68,85)(H3,61,69,72,81)(H3,62,70,73,82)(H3,63,71,74,83)/p-4/t25-,26-,27+,28?,29?,30+,31+,32?,33?,34+,35+,39?,40-,41-,42-,51+,52+,53+,107?,108?,109?,110?/m0/s1. The van der Waals surface area contributed by atoms with Crippen LogP contribution in [0.15, 0.2) is 55.3 Å². The van der Waals surface area contributed by atoms with E-state index in [0.29, 0.717) is 17.5 Å². The molecule has 624 valence electrons. The molecule has 0 aliphatic carbocycles. The number of nitrogen functional groups attached to an aromatic ring is 5. The molecule has 5 saturated heterocycles. The molecule has 22 atom stereocenters. The number of fused-ring (bicyclic) bond motifs is 3. The van der Waals surface area contributed by atoms with Gasteiger partial charge in [-0.15, -0.1) is 0 Å². The number of aromatic amines is 3. The molecule has 5 aliphatic rings. The van der Waals surface area contributed by atoms with Crippen LogP contribution in [-0.2, 0) is 131 Å². The van der Waals surface area contributed by atoms with E-state index in [2.05, 4.69) is 54.8 Å². The topological polar surface area (TPSA) is 654 Å². The molecule has 0 amide bonds. The van der Waals surface area contributed by atoms with Gasteiger partial charge in [-0.05, 0) is 34.1 Å². The molecule has 5 aliphatic heterocycles. The Morgan fingerprint density at radius 2 is 0.982 bits per heavy atom. The van der Waals surface area contributed by atoms with Crippen LogP contribution in [0, 0.1) is 13.8 Å². The number of H-pyrrole nitrogens is 3. The number of anilines is 5. The number of imidazole rings is 3. The van der Waals surface area contributed by atoms with Crippen LogP contribution in [0.4, 0.5) is 29.5 Å². The number of nitrogens with one attached hydrogen (secondary N) is 3. The molecule has 48 nitrogen and oxygen atoms in total. The van der Waals surface area contributed by atoms with E-state index in [1.165, 1.54) is 70.6 Å². The molecule has 13 rings (SSSR count). The summed E-state index contributed by atoms with van der Waals surface area (Å²) in [6.45, 7) is -14.2. The minimum absolute atomic E-state index is 0.0000739. The van der Waals surface area contributed by atoms with Crippen LogP contribution in [0.1, 0.15) is 82.3 Å². The smallest absolute Gasteiger partial charge is 0.351 e. The third-order valence-corrected chi connectivity index (χ3v) is 24.8. The van der Waals surface area contributed by atoms with Crippen molar-refractivity contribution in [3.63, 3.8) is 0 Å². The Hall–Kier alpha value is -6.50. The van der Waals surface area contributed by atoms with Gasteiger partial charge in [0.15, 0.2) is 59.0 Å². The van der Waals surface area contributed by atoms with Gasteiger partial charge in [0.2, 0.25) is 17.8 Å². The van der Waals surface area contributed by atoms with Crippen LogP contribution in [0.5, 0.6) is 0 Å². The van der Waals surface area contributed by atoms with Gasteiger partial charge in [0, 0.05) is 43.5 Å².